The SMILES string of the molecule is CC1(C)[C@H](O)CCN1Cc1ccncc1F. The summed E-state index contributed by atoms with van der Waals surface area (Å²) in [4.78, 5) is 5.84. The van der Waals surface area contributed by atoms with Gasteiger partial charge in [0.05, 0.1) is 12.3 Å². The Bertz CT molecular complexity index is 381. The number of likely N-dealkylation sites (tertiary alicyclic amines) is 1. The van der Waals surface area contributed by atoms with Gasteiger partial charge in [0.1, 0.15) is 5.82 Å². The van der Waals surface area contributed by atoms with Crippen molar-refractivity contribution in [3.63, 3.8) is 0 Å². The van der Waals surface area contributed by atoms with Crippen LogP contribution in [0.4, 0.5) is 4.39 Å². The van der Waals surface area contributed by atoms with Gasteiger partial charge in [-0.05, 0) is 26.3 Å². The van der Waals surface area contributed by atoms with Crippen LogP contribution < -0.4 is 0 Å². The van der Waals surface area contributed by atoms with Crippen molar-refractivity contribution >= 4 is 0 Å². The van der Waals surface area contributed by atoms with Crippen LogP contribution in [0.25, 0.3) is 0 Å². The minimum Gasteiger partial charge on any atom is -0.391 e. The highest BCUT2D eigenvalue weighted by Crippen LogP contribution is 2.30. The van der Waals surface area contributed by atoms with E-state index in [1.807, 2.05) is 13.8 Å². The van der Waals surface area contributed by atoms with Gasteiger partial charge >= 0.3 is 0 Å². The van der Waals surface area contributed by atoms with Gasteiger partial charge in [-0.2, -0.15) is 0 Å². The molecule has 0 aromatic carbocycles. The van der Waals surface area contributed by atoms with Gasteiger partial charge in [-0.15, -0.1) is 0 Å². The van der Waals surface area contributed by atoms with E-state index in [-0.39, 0.29) is 17.5 Å². The summed E-state index contributed by atoms with van der Waals surface area (Å²) < 4.78 is 13.4. The molecule has 1 aliphatic heterocycles. The first-order chi connectivity index (χ1) is 7.51. The second-order valence-corrected chi connectivity index (χ2v) is 4.85. The second kappa shape index (κ2) is 4.11. The summed E-state index contributed by atoms with van der Waals surface area (Å²) in [5.41, 5.74) is 0.354. The van der Waals surface area contributed by atoms with Crippen LogP contribution in [0.3, 0.4) is 0 Å². The summed E-state index contributed by atoms with van der Waals surface area (Å²) in [6.45, 7) is 5.31. The third-order valence-corrected chi connectivity index (χ3v) is 3.52. The maximum absolute atomic E-state index is 13.4. The first kappa shape index (κ1) is 11.5. The Morgan fingerprint density at radius 2 is 2.38 bits per heavy atom. The van der Waals surface area contributed by atoms with Gasteiger partial charge in [0.2, 0.25) is 0 Å². The Balaban J connectivity index is 2.14. The smallest absolute Gasteiger partial charge is 0.145 e. The summed E-state index contributed by atoms with van der Waals surface area (Å²) in [6.07, 6.45) is 3.24. The zero-order valence-corrected chi connectivity index (χ0v) is 9.65. The molecule has 1 aliphatic rings. The number of hydrogen-bond acceptors (Lipinski definition) is 3. The lowest BCUT2D eigenvalue weighted by atomic mass is 9.98. The molecule has 0 saturated carbocycles. The molecule has 1 saturated heterocycles. The van der Waals surface area contributed by atoms with Crippen LogP contribution in [0.5, 0.6) is 0 Å². The molecule has 1 aromatic heterocycles. The zero-order valence-electron chi connectivity index (χ0n) is 9.65. The number of halogens is 1. The van der Waals surface area contributed by atoms with Crippen LogP contribution in [0.15, 0.2) is 18.5 Å². The van der Waals surface area contributed by atoms with Gasteiger partial charge in [0, 0.05) is 30.4 Å². The van der Waals surface area contributed by atoms with Gasteiger partial charge in [-0.3, -0.25) is 9.88 Å². The van der Waals surface area contributed by atoms with Gasteiger partial charge in [0.25, 0.3) is 0 Å². The van der Waals surface area contributed by atoms with Crippen molar-refractivity contribution in [1.82, 2.24) is 9.88 Å². The summed E-state index contributed by atoms with van der Waals surface area (Å²) in [7, 11) is 0. The van der Waals surface area contributed by atoms with Crippen LogP contribution in [-0.2, 0) is 6.54 Å². The number of rotatable bonds is 2. The molecule has 2 heterocycles. The molecule has 0 radical (unpaired) electrons. The number of aliphatic hydroxyl groups excluding tert-OH is 1. The molecule has 1 atom stereocenters. The Hall–Kier alpha value is -1.00. The predicted octanol–water partition coefficient (Wildman–Crippen LogP) is 1.57. The van der Waals surface area contributed by atoms with Crippen molar-refractivity contribution in [2.75, 3.05) is 6.54 Å². The van der Waals surface area contributed by atoms with E-state index in [1.54, 1.807) is 12.3 Å². The first-order valence-corrected chi connectivity index (χ1v) is 5.53. The van der Waals surface area contributed by atoms with E-state index < -0.39 is 0 Å². The Labute approximate surface area is 94.9 Å². The lowest BCUT2D eigenvalue weighted by molar-refractivity contribution is 0.0501. The zero-order chi connectivity index (χ0) is 11.8. The lowest BCUT2D eigenvalue weighted by Gasteiger charge is -2.33. The van der Waals surface area contributed by atoms with Gasteiger partial charge < -0.3 is 5.11 Å². The van der Waals surface area contributed by atoms with Crippen LogP contribution in [0.1, 0.15) is 25.8 Å². The highest BCUT2D eigenvalue weighted by atomic mass is 19.1. The molecular weight excluding hydrogens is 207 g/mol. The molecule has 2 rings (SSSR count). The second-order valence-electron chi connectivity index (χ2n) is 4.85. The van der Waals surface area contributed by atoms with E-state index >= 15 is 0 Å². The van der Waals surface area contributed by atoms with E-state index in [4.69, 9.17) is 0 Å². The number of hydrogen-bond donors (Lipinski definition) is 1. The highest BCUT2D eigenvalue weighted by Gasteiger charge is 2.40. The molecule has 3 nitrogen and oxygen atoms in total. The maximum atomic E-state index is 13.4. The number of pyridine rings is 1. The molecule has 0 unspecified atom stereocenters. The number of aliphatic hydroxyl groups is 1. The monoisotopic (exact) mass is 224 g/mol. The Morgan fingerprint density at radius 1 is 1.62 bits per heavy atom. The quantitative estimate of drug-likeness (QED) is 0.828. The average Bonchev–Trinajstić information content (AvgIpc) is 2.48. The molecule has 88 valence electrons. The average molecular weight is 224 g/mol. The molecule has 1 aromatic rings. The fraction of sp³-hybridized carbons (Fsp3) is 0.583. The minimum atomic E-state index is -0.336. The largest absolute Gasteiger partial charge is 0.391 e. The molecule has 4 heteroatoms. The number of aromatic nitrogens is 1. The van der Waals surface area contributed by atoms with E-state index in [0.717, 1.165) is 13.0 Å². The van der Waals surface area contributed by atoms with Crippen molar-refractivity contribution in [2.45, 2.75) is 38.5 Å². The minimum absolute atomic E-state index is 0.278. The standard InChI is InChI=1S/C12H17FN2O/c1-12(2)11(16)4-6-15(12)8-9-3-5-14-7-10(9)13/h3,5,7,11,16H,4,6,8H2,1-2H3/t11-/m1/s1. The van der Waals surface area contributed by atoms with Crippen molar-refractivity contribution in [1.29, 1.82) is 0 Å². The topological polar surface area (TPSA) is 36.4 Å². The first-order valence-electron chi connectivity index (χ1n) is 5.53. The molecule has 1 fully saturated rings. The molecule has 0 spiro atoms. The summed E-state index contributed by atoms with van der Waals surface area (Å²) in [5.74, 6) is -0.278. The lowest BCUT2D eigenvalue weighted by Crippen LogP contribution is -2.44. The van der Waals surface area contributed by atoms with Gasteiger partial charge in [-0.1, -0.05) is 0 Å². The normalized spacial score (nSPS) is 24.9. The molecule has 1 N–H and O–H groups in total. The fourth-order valence-electron chi connectivity index (χ4n) is 2.15. The molecule has 16 heavy (non-hydrogen) atoms. The van der Waals surface area contributed by atoms with Crippen LogP contribution >= 0.6 is 0 Å². The molecule has 0 bridgehead atoms. The van der Waals surface area contributed by atoms with Crippen LogP contribution in [-0.4, -0.2) is 33.2 Å². The number of nitrogens with zero attached hydrogens (tertiary/aromatic N) is 2. The van der Waals surface area contributed by atoms with Crippen molar-refractivity contribution in [3.05, 3.63) is 29.8 Å². The van der Waals surface area contributed by atoms with Crippen molar-refractivity contribution in [2.24, 2.45) is 0 Å². The summed E-state index contributed by atoms with van der Waals surface area (Å²) in [5, 5.41) is 9.83. The molecule has 0 aliphatic carbocycles. The Morgan fingerprint density at radius 3 is 2.94 bits per heavy atom. The van der Waals surface area contributed by atoms with Crippen LogP contribution in [0.2, 0.25) is 0 Å². The fourth-order valence-corrected chi connectivity index (χ4v) is 2.15. The summed E-state index contributed by atoms with van der Waals surface area (Å²) >= 11 is 0. The Kier molecular flexibility index (Phi) is 2.95. The van der Waals surface area contributed by atoms with E-state index in [1.165, 1.54) is 6.20 Å². The van der Waals surface area contributed by atoms with Crippen LogP contribution in [0, 0.1) is 5.82 Å². The maximum Gasteiger partial charge on any atom is 0.145 e. The van der Waals surface area contributed by atoms with Gasteiger partial charge in [-0.25, -0.2) is 4.39 Å². The van der Waals surface area contributed by atoms with E-state index in [9.17, 15) is 9.50 Å². The third-order valence-electron chi connectivity index (χ3n) is 3.52. The van der Waals surface area contributed by atoms with Gasteiger partial charge in [0.15, 0.2) is 0 Å². The molecular formula is C12H17FN2O. The van der Waals surface area contributed by atoms with Crippen molar-refractivity contribution < 1.29 is 9.50 Å². The predicted molar refractivity (Wildman–Crippen MR) is 59.3 cm³/mol. The third kappa shape index (κ3) is 1.95. The molecule has 0 amide bonds. The summed E-state index contributed by atoms with van der Waals surface area (Å²) in [6, 6.07) is 1.69. The highest BCUT2D eigenvalue weighted by molar-refractivity contribution is 5.13. The van der Waals surface area contributed by atoms with Crippen molar-refractivity contribution in [3.8, 4) is 0 Å². The van der Waals surface area contributed by atoms with E-state index in [2.05, 4.69) is 9.88 Å². The van der Waals surface area contributed by atoms with E-state index in [0.29, 0.717) is 12.1 Å².